The Morgan fingerprint density at radius 2 is 1.94 bits per heavy atom. The van der Waals surface area contributed by atoms with Crippen molar-refractivity contribution in [3.05, 3.63) is 35.9 Å². The van der Waals surface area contributed by atoms with Crippen LogP contribution < -0.4 is 5.32 Å². The van der Waals surface area contributed by atoms with E-state index in [1.807, 2.05) is 30.3 Å². The molecule has 0 aliphatic carbocycles. The fourth-order valence-electron chi connectivity index (χ4n) is 1.18. The Kier molecular flexibility index (Phi) is 4.98. The fraction of sp³-hybridized carbons (Fsp3) is 0.273. The summed E-state index contributed by atoms with van der Waals surface area (Å²) in [6.07, 6.45) is 0.880. The molecule has 86 valence electrons. The minimum atomic E-state index is -1.10. The topological polar surface area (TPSA) is 66.4 Å². The Morgan fingerprint density at radius 3 is 2.50 bits per heavy atom. The van der Waals surface area contributed by atoms with Crippen molar-refractivity contribution in [2.75, 3.05) is 0 Å². The number of aliphatic carboxylic acids is 1. The standard InChI is InChI=1S/C11H12BrNO3/c12-10(11(15)16)13-9(14)7-6-8-4-2-1-3-5-8/h1-5,10H,6-7H2,(H,13,14)(H,15,16). The van der Waals surface area contributed by atoms with Crippen LogP contribution in [0.4, 0.5) is 0 Å². The van der Waals surface area contributed by atoms with Crippen molar-refractivity contribution in [2.24, 2.45) is 0 Å². The summed E-state index contributed by atoms with van der Waals surface area (Å²) >= 11 is 2.84. The lowest BCUT2D eigenvalue weighted by atomic mass is 10.1. The number of halogens is 1. The van der Waals surface area contributed by atoms with Gasteiger partial charge in [-0.25, -0.2) is 4.79 Å². The van der Waals surface area contributed by atoms with Crippen LogP contribution in [0.2, 0.25) is 0 Å². The number of carboxylic acids is 1. The first-order valence-corrected chi connectivity index (χ1v) is 5.71. The molecule has 16 heavy (non-hydrogen) atoms. The molecular weight excluding hydrogens is 274 g/mol. The molecule has 0 heterocycles. The Labute approximate surface area is 102 Å². The Hall–Kier alpha value is -1.36. The molecule has 0 fully saturated rings. The SMILES string of the molecule is O=C(CCc1ccccc1)NC(Br)C(=O)O. The monoisotopic (exact) mass is 285 g/mol. The second-order valence-corrected chi connectivity index (χ2v) is 4.17. The number of carboxylic acid groups (broad SMARTS) is 1. The van der Waals surface area contributed by atoms with Gasteiger partial charge in [-0.3, -0.25) is 4.79 Å². The Balaban J connectivity index is 2.33. The van der Waals surface area contributed by atoms with Gasteiger partial charge in [-0.15, -0.1) is 0 Å². The summed E-state index contributed by atoms with van der Waals surface area (Å²) < 4.78 is 0. The van der Waals surface area contributed by atoms with Crippen molar-refractivity contribution in [1.82, 2.24) is 5.32 Å². The number of rotatable bonds is 5. The average Bonchev–Trinajstić information content (AvgIpc) is 2.27. The third-order valence-corrected chi connectivity index (χ3v) is 2.61. The molecular formula is C11H12BrNO3. The number of carbonyl (C=O) groups excluding carboxylic acids is 1. The Bertz CT molecular complexity index is 367. The zero-order valence-electron chi connectivity index (χ0n) is 8.52. The summed E-state index contributed by atoms with van der Waals surface area (Å²) in [5, 5.41) is 10.9. The summed E-state index contributed by atoms with van der Waals surface area (Å²) in [5.41, 5.74) is 1.05. The molecule has 0 saturated carbocycles. The lowest BCUT2D eigenvalue weighted by Crippen LogP contribution is -2.36. The zero-order chi connectivity index (χ0) is 12.0. The van der Waals surface area contributed by atoms with Gasteiger partial charge in [0, 0.05) is 6.42 Å². The molecule has 0 aliphatic rings. The maximum Gasteiger partial charge on any atom is 0.337 e. The van der Waals surface area contributed by atoms with Crippen LogP contribution in [0.5, 0.6) is 0 Å². The van der Waals surface area contributed by atoms with E-state index in [0.29, 0.717) is 6.42 Å². The second-order valence-electron chi connectivity index (χ2n) is 3.25. The van der Waals surface area contributed by atoms with Gasteiger partial charge in [-0.2, -0.15) is 0 Å². The minimum absolute atomic E-state index is 0.277. The van der Waals surface area contributed by atoms with Gasteiger partial charge < -0.3 is 10.4 Å². The summed E-state index contributed by atoms with van der Waals surface area (Å²) in [4.78, 5) is 20.8. The fourth-order valence-corrected chi connectivity index (χ4v) is 1.43. The largest absolute Gasteiger partial charge is 0.479 e. The first-order chi connectivity index (χ1) is 7.59. The average molecular weight is 286 g/mol. The third-order valence-electron chi connectivity index (χ3n) is 1.99. The van der Waals surface area contributed by atoms with Gasteiger partial charge in [0.15, 0.2) is 4.95 Å². The van der Waals surface area contributed by atoms with Gasteiger partial charge in [0.1, 0.15) is 0 Å². The molecule has 0 saturated heterocycles. The molecule has 1 aromatic rings. The van der Waals surface area contributed by atoms with Crippen LogP contribution in [0, 0.1) is 0 Å². The maximum absolute atomic E-state index is 11.3. The van der Waals surface area contributed by atoms with Crippen LogP contribution in [-0.2, 0) is 16.0 Å². The van der Waals surface area contributed by atoms with E-state index in [0.717, 1.165) is 5.56 Å². The molecule has 4 nitrogen and oxygen atoms in total. The molecule has 0 aliphatic heterocycles. The molecule has 0 radical (unpaired) electrons. The van der Waals surface area contributed by atoms with Gasteiger partial charge in [0.2, 0.25) is 5.91 Å². The van der Waals surface area contributed by atoms with Crippen LogP contribution >= 0.6 is 15.9 Å². The molecule has 1 aromatic carbocycles. The third kappa shape index (κ3) is 4.44. The number of aryl methyl sites for hydroxylation is 1. The lowest BCUT2D eigenvalue weighted by molar-refractivity contribution is -0.138. The molecule has 0 aromatic heterocycles. The van der Waals surface area contributed by atoms with E-state index < -0.39 is 10.9 Å². The van der Waals surface area contributed by atoms with Crippen LogP contribution in [0.1, 0.15) is 12.0 Å². The first-order valence-electron chi connectivity index (χ1n) is 4.80. The van der Waals surface area contributed by atoms with E-state index in [9.17, 15) is 9.59 Å². The first kappa shape index (κ1) is 12.7. The number of amides is 1. The second kappa shape index (κ2) is 6.27. The highest BCUT2D eigenvalue weighted by molar-refractivity contribution is 9.10. The molecule has 1 rings (SSSR count). The predicted molar refractivity (Wildman–Crippen MR) is 63.3 cm³/mol. The van der Waals surface area contributed by atoms with Crippen molar-refractivity contribution in [3.63, 3.8) is 0 Å². The molecule has 0 spiro atoms. The summed E-state index contributed by atoms with van der Waals surface area (Å²) in [7, 11) is 0. The Morgan fingerprint density at radius 1 is 1.31 bits per heavy atom. The van der Waals surface area contributed by atoms with Gasteiger partial charge in [0.05, 0.1) is 0 Å². The van der Waals surface area contributed by atoms with Gasteiger partial charge in [0.25, 0.3) is 0 Å². The van der Waals surface area contributed by atoms with Crippen molar-refractivity contribution in [3.8, 4) is 0 Å². The molecule has 1 atom stereocenters. The van der Waals surface area contributed by atoms with Gasteiger partial charge >= 0.3 is 5.97 Å². The van der Waals surface area contributed by atoms with Crippen LogP contribution in [0.25, 0.3) is 0 Å². The highest BCUT2D eigenvalue weighted by atomic mass is 79.9. The highest BCUT2D eigenvalue weighted by Gasteiger charge is 2.15. The van der Waals surface area contributed by atoms with E-state index in [-0.39, 0.29) is 12.3 Å². The van der Waals surface area contributed by atoms with Gasteiger partial charge in [-0.1, -0.05) is 46.3 Å². The van der Waals surface area contributed by atoms with Crippen LogP contribution in [0.3, 0.4) is 0 Å². The summed E-state index contributed by atoms with van der Waals surface area (Å²) in [5.74, 6) is -1.39. The van der Waals surface area contributed by atoms with Crippen LogP contribution in [0.15, 0.2) is 30.3 Å². The quantitative estimate of drug-likeness (QED) is 0.637. The minimum Gasteiger partial charge on any atom is -0.479 e. The zero-order valence-corrected chi connectivity index (χ0v) is 10.1. The number of nitrogens with one attached hydrogen (secondary N) is 1. The van der Waals surface area contributed by atoms with E-state index in [2.05, 4.69) is 21.2 Å². The van der Waals surface area contributed by atoms with Crippen molar-refractivity contribution in [1.29, 1.82) is 0 Å². The van der Waals surface area contributed by atoms with E-state index in [4.69, 9.17) is 5.11 Å². The summed E-state index contributed by atoms with van der Waals surface area (Å²) in [6, 6.07) is 9.56. The molecule has 2 N–H and O–H groups in total. The van der Waals surface area contributed by atoms with Crippen molar-refractivity contribution in [2.45, 2.75) is 17.8 Å². The molecule has 5 heteroatoms. The molecule has 1 unspecified atom stereocenters. The molecule has 1 amide bonds. The lowest BCUT2D eigenvalue weighted by Gasteiger charge is -2.07. The summed E-state index contributed by atoms with van der Waals surface area (Å²) in [6.45, 7) is 0. The van der Waals surface area contributed by atoms with Crippen molar-refractivity contribution < 1.29 is 14.7 Å². The number of benzene rings is 1. The molecule has 0 bridgehead atoms. The number of carbonyl (C=O) groups is 2. The highest BCUT2D eigenvalue weighted by Crippen LogP contribution is 2.03. The van der Waals surface area contributed by atoms with Gasteiger partial charge in [-0.05, 0) is 12.0 Å². The number of alkyl halides is 1. The van der Waals surface area contributed by atoms with Crippen molar-refractivity contribution >= 4 is 27.8 Å². The maximum atomic E-state index is 11.3. The van der Waals surface area contributed by atoms with E-state index in [1.54, 1.807) is 0 Å². The van der Waals surface area contributed by atoms with E-state index in [1.165, 1.54) is 0 Å². The normalized spacial score (nSPS) is 11.8. The van der Waals surface area contributed by atoms with Crippen LogP contribution in [-0.4, -0.2) is 21.9 Å². The number of hydrogen-bond acceptors (Lipinski definition) is 2. The predicted octanol–water partition coefficient (Wildman–Crippen LogP) is 1.54. The number of hydrogen-bond donors (Lipinski definition) is 2. The smallest absolute Gasteiger partial charge is 0.337 e. The van der Waals surface area contributed by atoms with E-state index >= 15 is 0 Å².